The number of oxime groups is 1. The number of carbonyl (C=O) groups is 3. The number of rotatable bonds is 10. The van der Waals surface area contributed by atoms with Crippen molar-refractivity contribution >= 4 is 57.1 Å². The minimum Gasteiger partial charge on any atom is -0.748 e. The Morgan fingerprint density at radius 2 is 2.03 bits per heavy atom. The minimum absolute atomic E-state index is 0. The van der Waals surface area contributed by atoms with E-state index in [1.54, 1.807) is 30.3 Å². The number of nitrogens with zero attached hydrogens (tertiary/aromatic N) is 5. The summed E-state index contributed by atoms with van der Waals surface area (Å²) in [5.41, 5.74) is -0.253. The zero-order chi connectivity index (χ0) is 26.7. The molecule has 1 aromatic heterocycles. The molecule has 1 aromatic carbocycles. The second kappa shape index (κ2) is 14.4. The van der Waals surface area contributed by atoms with E-state index < -0.39 is 56.0 Å². The number of benzene rings is 1. The van der Waals surface area contributed by atoms with Crippen LogP contribution in [-0.2, 0) is 29.3 Å². The van der Waals surface area contributed by atoms with E-state index in [0.717, 1.165) is 28.4 Å². The van der Waals surface area contributed by atoms with Gasteiger partial charge in [-0.05, 0) is 16.0 Å². The zero-order valence-corrected chi connectivity index (χ0v) is 27.2. The molecule has 20 heteroatoms. The van der Waals surface area contributed by atoms with Crippen molar-refractivity contribution in [2.45, 2.75) is 21.8 Å². The number of amides is 2. The van der Waals surface area contributed by atoms with Gasteiger partial charge in [0.05, 0.1) is 27.5 Å². The van der Waals surface area contributed by atoms with Crippen LogP contribution in [0.15, 0.2) is 51.9 Å². The number of aromatic nitrogens is 4. The molecular weight excluding hydrogens is 596 g/mol. The first-order valence-electron chi connectivity index (χ1n) is 10.3. The largest absolute Gasteiger partial charge is 1.00 e. The molecule has 2 aromatic rings. The standard InChI is InChI=1S/C19H19N7O8S3.2Na/c1-34-23-12(9-5-3-2-4-6-9)15(27)20-13-16(28)26-14(18(29)30)10(7-35-17(13)26)11(8-37(31,32)33)36-19-21-24-25-22-19;;/h2-6,11,13,17H,7-8H2,1H3,(H,20,27)(H,29,30)(H,31,32,33)(H,21,22,24,25);;/q;2*+1/p-2/t11?,13-,17+;;/m1../s1. The van der Waals surface area contributed by atoms with Crippen LogP contribution in [0.5, 0.6) is 0 Å². The number of nitrogens with one attached hydrogen (secondary N) is 2. The fourth-order valence-electron chi connectivity index (χ4n) is 3.73. The number of fused-ring (bicyclic) bond motifs is 1. The summed E-state index contributed by atoms with van der Waals surface area (Å²) in [4.78, 5) is 43.7. The van der Waals surface area contributed by atoms with Crippen molar-refractivity contribution in [1.82, 2.24) is 30.8 Å². The fourth-order valence-corrected chi connectivity index (χ4v) is 7.38. The van der Waals surface area contributed by atoms with Gasteiger partial charge in [0.25, 0.3) is 11.8 Å². The van der Waals surface area contributed by atoms with Gasteiger partial charge >= 0.3 is 59.1 Å². The summed E-state index contributed by atoms with van der Waals surface area (Å²) in [6.45, 7) is 0. The molecule has 0 radical (unpaired) electrons. The van der Waals surface area contributed by atoms with Gasteiger partial charge in [0.1, 0.15) is 18.5 Å². The molecule has 4 rings (SSSR count). The summed E-state index contributed by atoms with van der Waals surface area (Å²) in [6.07, 6.45) is 0. The summed E-state index contributed by atoms with van der Waals surface area (Å²) in [5.74, 6) is -4.28. The maximum absolute atomic E-state index is 13.0. The molecule has 2 aliphatic heterocycles. The molecule has 1 saturated heterocycles. The van der Waals surface area contributed by atoms with Crippen LogP contribution in [0.2, 0.25) is 0 Å². The van der Waals surface area contributed by atoms with E-state index in [1.807, 2.05) is 0 Å². The van der Waals surface area contributed by atoms with Crippen LogP contribution >= 0.6 is 23.5 Å². The van der Waals surface area contributed by atoms with Crippen molar-refractivity contribution in [3.8, 4) is 0 Å². The molecule has 2 amide bonds. The third-order valence-corrected chi connectivity index (χ3v) is 8.63. The number of carbonyl (C=O) groups excluding carboxylic acids is 3. The first-order valence-corrected chi connectivity index (χ1v) is 13.8. The number of hydrogen-bond acceptors (Lipinski definition) is 14. The van der Waals surface area contributed by atoms with Gasteiger partial charge in [-0.15, -0.1) is 16.9 Å². The molecular formula is C19H17N7Na2O8S3. The molecule has 15 nitrogen and oxygen atoms in total. The number of aliphatic carboxylic acids is 1. The quantitative estimate of drug-likeness (QED) is 0.0635. The Morgan fingerprint density at radius 1 is 1.33 bits per heavy atom. The van der Waals surface area contributed by atoms with Gasteiger partial charge in [0.15, 0.2) is 5.71 Å². The van der Waals surface area contributed by atoms with Crippen molar-refractivity contribution in [2.24, 2.45) is 5.16 Å². The SMILES string of the molecule is CON=C(C(=O)N[C@@H]1C(=O)N2C(C(=O)[O-])=C(C(CS(=O)(=O)[O-])Sc3nnn[nH]3)CS[C@@H]12)c1ccccc1.[Na+].[Na+]. The van der Waals surface area contributed by atoms with Gasteiger partial charge in [0.2, 0.25) is 5.16 Å². The van der Waals surface area contributed by atoms with E-state index >= 15 is 0 Å². The molecule has 2 aliphatic rings. The third kappa shape index (κ3) is 7.84. The van der Waals surface area contributed by atoms with Crippen molar-refractivity contribution < 1.29 is 96.4 Å². The average Bonchev–Trinajstić information content (AvgIpc) is 3.37. The number of β-lactam (4-membered cyclic amide) rings is 1. The Balaban J connectivity index is 0.00000267. The molecule has 0 bridgehead atoms. The Morgan fingerprint density at radius 3 is 2.59 bits per heavy atom. The zero-order valence-electron chi connectivity index (χ0n) is 20.8. The summed E-state index contributed by atoms with van der Waals surface area (Å²) in [6, 6.07) is 7.25. The summed E-state index contributed by atoms with van der Waals surface area (Å²) in [5, 5.41) is 29.1. The van der Waals surface area contributed by atoms with Crippen molar-refractivity contribution in [3.05, 3.63) is 47.2 Å². The number of tetrazole rings is 1. The van der Waals surface area contributed by atoms with E-state index in [9.17, 15) is 32.5 Å². The third-order valence-electron chi connectivity index (χ3n) is 5.25. The molecule has 1 fully saturated rings. The maximum Gasteiger partial charge on any atom is 1.00 e. The van der Waals surface area contributed by atoms with Crippen LogP contribution in [-0.4, -0.2) is 97.3 Å². The average molecular weight is 614 g/mol. The maximum atomic E-state index is 13.0. The van der Waals surface area contributed by atoms with Crippen molar-refractivity contribution in [3.63, 3.8) is 0 Å². The molecule has 39 heavy (non-hydrogen) atoms. The van der Waals surface area contributed by atoms with Gasteiger partial charge in [-0.25, -0.2) is 13.5 Å². The van der Waals surface area contributed by atoms with Gasteiger partial charge in [-0.1, -0.05) is 47.2 Å². The number of aromatic amines is 1. The van der Waals surface area contributed by atoms with Gasteiger partial charge in [-0.2, -0.15) is 0 Å². The topological polar surface area (TPSA) is 223 Å². The number of carboxylic acid groups (broad SMARTS) is 1. The molecule has 0 saturated carbocycles. The molecule has 196 valence electrons. The Kier molecular flexibility index (Phi) is 12.5. The van der Waals surface area contributed by atoms with E-state index in [4.69, 9.17) is 4.84 Å². The fraction of sp³-hybridized carbons (Fsp3) is 0.316. The minimum atomic E-state index is -4.82. The predicted molar refractivity (Wildman–Crippen MR) is 125 cm³/mol. The van der Waals surface area contributed by atoms with Gasteiger partial charge in [-0.3, -0.25) is 14.5 Å². The van der Waals surface area contributed by atoms with Gasteiger partial charge in [0, 0.05) is 16.6 Å². The second-order valence-corrected chi connectivity index (χ2v) is 11.3. The molecule has 3 heterocycles. The number of hydrogen-bond donors (Lipinski definition) is 2. The van der Waals surface area contributed by atoms with Crippen LogP contribution in [0, 0.1) is 0 Å². The monoisotopic (exact) mass is 613 g/mol. The van der Waals surface area contributed by atoms with E-state index in [0.29, 0.717) is 5.56 Å². The predicted octanol–water partition coefficient (Wildman–Crippen LogP) is -8.33. The molecule has 2 N–H and O–H groups in total. The van der Waals surface area contributed by atoms with Crippen LogP contribution in [0.25, 0.3) is 0 Å². The van der Waals surface area contributed by atoms with E-state index in [2.05, 4.69) is 31.1 Å². The number of thioether (sulfide) groups is 2. The molecule has 0 spiro atoms. The van der Waals surface area contributed by atoms with Crippen LogP contribution in [0.4, 0.5) is 0 Å². The molecule has 3 atom stereocenters. The van der Waals surface area contributed by atoms with E-state index in [-0.39, 0.29) is 81.3 Å². The summed E-state index contributed by atoms with van der Waals surface area (Å²) < 4.78 is 34.6. The number of H-pyrrole nitrogens is 1. The molecule has 1 unspecified atom stereocenters. The Hall–Kier alpha value is -1.48. The van der Waals surface area contributed by atoms with Crippen LogP contribution < -0.4 is 69.5 Å². The second-order valence-electron chi connectivity index (χ2n) is 7.55. The van der Waals surface area contributed by atoms with Crippen molar-refractivity contribution in [1.29, 1.82) is 0 Å². The van der Waals surface area contributed by atoms with Crippen LogP contribution in [0.3, 0.4) is 0 Å². The summed E-state index contributed by atoms with van der Waals surface area (Å²) in [7, 11) is -3.56. The first kappa shape index (κ1) is 33.7. The summed E-state index contributed by atoms with van der Waals surface area (Å²) >= 11 is 1.81. The Labute approximate surface area is 274 Å². The van der Waals surface area contributed by atoms with Gasteiger partial charge < -0.3 is 24.6 Å². The van der Waals surface area contributed by atoms with Crippen LogP contribution in [0.1, 0.15) is 5.56 Å². The Bertz CT molecular complexity index is 1380. The smallest absolute Gasteiger partial charge is 0.748 e. The van der Waals surface area contributed by atoms with E-state index in [1.165, 1.54) is 7.11 Å². The normalized spacial score (nSPS) is 19.6. The number of carboxylic acids is 1. The van der Waals surface area contributed by atoms with Crippen molar-refractivity contribution in [2.75, 3.05) is 18.6 Å². The molecule has 0 aliphatic carbocycles. The first-order chi connectivity index (χ1) is 17.6.